The summed E-state index contributed by atoms with van der Waals surface area (Å²) in [7, 11) is 0. The molecule has 0 saturated heterocycles. The molecule has 0 aliphatic carbocycles. The van der Waals surface area contributed by atoms with Gasteiger partial charge in [-0.2, -0.15) is 0 Å². The first-order valence-corrected chi connectivity index (χ1v) is 6.49. The Balaban J connectivity index is 2.25. The van der Waals surface area contributed by atoms with Crippen molar-refractivity contribution in [2.45, 2.75) is 19.3 Å². The Hall–Kier alpha value is -2.48. The second-order valence-corrected chi connectivity index (χ2v) is 4.55. The Kier molecular flexibility index (Phi) is 4.26. The molecular weight excluding hydrogens is 256 g/mol. The average Bonchev–Trinajstić information content (AvgIpc) is 2.46. The standard InChI is InChI=1S/C15H16N2O3/c1-2-3-9-16-15(20)17-10-5-7-11-12(14(18)19)6-4-8-13(11)17/h1,4,6,8H,3,5,7,9-10H2,(H,16,20)(H,18,19). The van der Waals surface area contributed by atoms with E-state index in [0.29, 0.717) is 31.6 Å². The van der Waals surface area contributed by atoms with Crippen molar-refractivity contribution in [2.24, 2.45) is 0 Å². The molecule has 2 amide bonds. The summed E-state index contributed by atoms with van der Waals surface area (Å²) >= 11 is 0. The van der Waals surface area contributed by atoms with Crippen LogP contribution in [-0.2, 0) is 6.42 Å². The molecule has 0 fully saturated rings. The van der Waals surface area contributed by atoms with Crippen molar-refractivity contribution in [3.63, 3.8) is 0 Å². The number of carbonyl (C=O) groups is 2. The van der Waals surface area contributed by atoms with E-state index >= 15 is 0 Å². The molecule has 1 aliphatic rings. The van der Waals surface area contributed by atoms with Crippen LogP contribution in [0.5, 0.6) is 0 Å². The minimum atomic E-state index is -0.962. The van der Waals surface area contributed by atoms with Gasteiger partial charge in [0.25, 0.3) is 0 Å². The first-order valence-electron chi connectivity index (χ1n) is 6.49. The van der Waals surface area contributed by atoms with Crippen molar-refractivity contribution in [1.29, 1.82) is 0 Å². The number of aromatic carboxylic acids is 1. The van der Waals surface area contributed by atoms with Crippen LogP contribution >= 0.6 is 0 Å². The van der Waals surface area contributed by atoms with Crippen LogP contribution in [0, 0.1) is 12.3 Å². The molecule has 0 saturated carbocycles. The fraction of sp³-hybridized carbons (Fsp3) is 0.333. The van der Waals surface area contributed by atoms with Crippen LogP contribution in [0.1, 0.15) is 28.8 Å². The van der Waals surface area contributed by atoms with Crippen LogP contribution in [0.4, 0.5) is 10.5 Å². The smallest absolute Gasteiger partial charge is 0.336 e. The summed E-state index contributed by atoms with van der Waals surface area (Å²) in [6.07, 6.45) is 7.04. The maximum Gasteiger partial charge on any atom is 0.336 e. The molecule has 0 atom stereocenters. The maximum absolute atomic E-state index is 12.1. The third-order valence-corrected chi connectivity index (χ3v) is 3.27. The van der Waals surface area contributed by atoms with Crippen molar-refractivity contribution >= 4 is 17.7 Å². The van der Waals surface area contributed by atoms with Crippen LogP contribution in [0.25, 0.3) is 0 Å². The van der Waals surface area contributed by atoms with Gasteiger partial charge in [0.15, 0.2) is 0 Å². The fourth-order valence-electron chi connectivity index (χ4n) is 2.37. The number of nitrogens with one attached hydrogen (secondary N) is 1. The highest BCUT2D eigenvalue weighted by Crippen LogP contribution is 2.29. The average molecular weight is 272 g/mol. The number of nitrogens with zero attached hydrogens (tertiary/aromatic N) is 1. The second kappa shape index (κ2) is 6.11. The number of carbonyl (C=O) groups excluding carboxylic acids is 1. The Morgan fingerprint density at radius 1 is 1.45 bits per heavy atom. The molecular formula is C15H16N2O3. The lowest BCUT2D eigenvalue weighted by molar-refractivity contribution is 0.0695. The Labute approximate surface area is 117 Å². The molecule has 104 valence electrons. The number of fused-ring (bicyclic) bond motifs is 1. The summed E-state index contributed by atoms with van der Waals surface area (Å²) in [6.45, 7) is 0.998. The fourth-order valence-corrected chi connectivity index (χ4v) is 2.37. The first-order chi connectivity index (χ1) is 9.65. The third kappa shape index (κ3) is 2.75. The highest BCUT2D eigenvalue weighted by atomic mass is 16.4. The molecule has 1 aromatic carbocycles. The molecule has 2 N–H and O–H groups in total. The van der Waals surface area contributed by atoms with Gasteiger partial charge in [0.2, 0.25) is 0 Å². The van der Waals surface area contributed by atoms with E-state index < -0.39 is 5.97 Å². The van der Waals surface area contributed by atoms with E-state index in [0.717, 1.165) is 12.0 Å². The van der Waals surface area contributed by atoms with Gasteiger partial charge in [-0.15, -0.1) is 12.3 Å². The van der Waals surface area contributed by atoms with E-state index in [4.69, 9.17) is 6.42 Å². The number of hydrogen-bond donors (Lipinski definition) is 2. The van der Waals surface area contributed by atoms with Gasteiger partial charge < -0.3 is 10.4 Å². The molecule has 2 rings (SSSR count). The highest BCUT2D eigenvalue weighted by molar-refractivity contribution is 5.97. The summed E-state index contributed by atoms with van der Waals surface area (Å²) in [6, 6.07) is 4.78. The molecule has 0 unspecified atom stereocenters. The van der Waals surface area contributed by atoms with Crippen molar-refractivity contribution < 1.29 is 14.7 Å². The summed E-state index contributed by atoms with van der Waals surface area (Å²) < 4.78 is 0. The minimum absolute atomic E-state index is 0.233. The van der Waals surface area contributed by atoms with Crippen molar-refractivity contribution in [2.75, 3.05) is 18.0 Å². The SMILES string of the molecule is C#CCCNC(=O)N1CCCc2c(C(=O)O)cccc21. The monoisotopic (exact) mass is 272 g/mol. The van der Waals surface area contributed by atoms with Gasteiger partial charge in [-0.1, -0.05) is 6.07 Å². The molecule has 0 bridgehead atoms. The van der Waals surface area contributed by atoms with Gasteiger partial charge in [-0.3, -0.25) is 4.90 Å². The molecule has 1 heterocycles. The van der Waals surface area contributed by atoms with Crippen LogP contribution < -0.4 is 10.2 Å². The van der Waals surface area contributed by atoms with Gasteiger partial charge in [-0.25, -0.2) is 9.59 Å². The number of hydrogen-bond acceptors (Lipinski definition) is 2. The normalized spacial score (nSPS) is 13.2. The van der Waals surface area contributed by atoms with Gasteiger partial charge in [0.1, 0.15) is 0 Å². The van der Waals surface area contributed by atoms with Crippen LogP contribution in [0.15, 0.2) is 18.2 Å². The van der Waals surface area contributed by atoms with Crippen LogP contribution in [0.3, 0.4) is 0 Å². The number of carboxylic acids is 1. The topological polar surface area (TPSA) is 69.6 Å². The van der Waals surface area contributed by atoms with Crippen molar-refractivity contribution in [3.05, 3.63) is 29.3 Å². The number of terminal acetylenes is 1. The third-order valence-electron chi connectivity index (χ3n) is 3.27. The molecule has 5 nitrogen and oxygen atoms in total. The predicted octanol–water partition coefficient (Wildman–Crippen LogP) is 1.87. The second-order valence-electron chi connectivity index (χ2n) is 4.55. The minimum Gasteiger partial charge on any atom is -0.478 e. The highest BCUT2D eigenvalue weighted by Gasteiger charge is 2.25. The number of benzene rings is 1. The largest absolute Gasteiger partial charge is 0.478 e. The number of urea groups is 1. The molecule has 0 spiro atoms. The lowest BCUT2D eigenvalue weighted by atomic mass is 9.96. The van der Waals surface area contributed by atoms with Crippen molar-refractivity contribution in [1.82, 2.24) is 5.32 Å². The zero-order valence-electron chi connectivity index (χ0n) is 11.1. The quantitative estimate of drug-likeness (QED) is 0.652. The zero-order chi connectivity index (χ0) is 14.5. The lowest BCUT2D eigenvalue weighted by Crippen LogP contribution is -2.43. The number of amides is 2. The molecule has 1 aliphatic heterocycles. The van der Waals surface area contributed by atoms with Crippen molar-refractivity contribution in [3.8, 4) is 12.3 Å². The molecule has 0 radical (unpaired) electrons. The molecule has 20 heavy (non-hydrogen) atoms. The van der Waals surface area contributed by atoms with E-state index in [-0.39, 0.29) is 11.6 Å². The molecule has 1 aromatic rings. The lowest BCUT2D eigenvalue weighted by Gasteiger charge is -2.30. The maximum atomic E-state index is 12.1. The number of carboxylic acid groups (broad SMARTS) is 1. The van der Waals surface area contributed by atoms with E-state index in [1.807, 2.05) is 0 Å². The summed E-state index contributed by atoms with van der Waals surface area (Å²) in [5.74, 6) is 1.50. The van der Waals surface area contributed by atoms with E-state index in [9.17, 15) is 14.7 Å². The molecule has 5 heteroatoms. The van der Waals surface area contributed by atoms with Gasteiger partial charge in [-0.05, 0) is 30.5 Å². The first kappa shape index (κ1) is 13.9. The Bertz CT molecular complexity index is 575. The summed E-state index contributed by atoms with van der Waals surface area (Å²) in [5.41, 5.74) is 1.66. The molecule has 0 aromatic heterocycles. The van der Waals surface area contributed by atoms with Gasteiger partial charge in [0, 0.05) is 25.2 Å². The Morgan fingerprint density at radius 3 is 2.95 bits per heavy atom. The van der Waals surface area contributed by atoms with Gasteiger partial charge >= 0.3 is 12.0 Å². The van der Waals surface area contributed by atoms with E-state index in [2.05, 4.69) is 11.2 Å². The van der Waals surface area contributed by atoms with Crippen LogP contribution in [0.2, 0.25) is 0 Å². The Morgan fingerprint density at radius 2 is 2.25 bits per heavy atom. The predicted molar refractivity (Wildman–Crippen MR) is 75.9 cm³/mol. The number of anilines is 1. The van der Waals surface area contributed by atoms with E-state index in [1.165, 1.54) is 0 Å². The van der Waals surface area contributed by atoms with Gasteiger partial charge in [0.05, 0.1) is 5.56 Å². The number of rotatable bonds is 3. The van der Waals surface area contributed by atoms with Crippen LogP contribution in [-0.4, -0.2) is 30.2 Å². The summed E-state index contributed by atoms with van der Waals surface area (Å²) in [4.78, 5) is 24.9. The van der Waals surface area contributed by atoms with E-state index in [1.54, 1.807) is 23.1 Å². The zero-order valence-corrected chi connectivity index (χ0v) is 11.1. The summed E-state index contributed by atoms with van der Waals surface area (Å²) in [5, 5.41) is 11.9.